The lowest BCUT2D eigenvalue weighted by atomic mass is 10.2. The van der Waals surface area contributed by atoms with E-state index in [9.17, 15) is 27.4 Å². The maximum Gasteiger partial charge on any atom is 0.341 e. The third kappa shape index (κ3) is 21.3. The molecule has 12 nitrogen and oxygen atoms in total. The van der Waals surface area contributed by atoms with Gasteiger partial charge in [-0.15, -0.1) is 0 Å². The van der Waals surface area contributed by atoms with Crippen LogP contribution < -0.4 is 9.47 Å². The third-order valence-corrected chi connectivity index (χ3v) is 30.7. The minimum absolute atomic E-state index is 0.0892. The van der Waals surface area contributed by atoms with E-state index in [1.54, 1.807) is 84.9 Å². The average Bonchev–Trinajstić information content (AvgIpc) is 3.22. The molecule has 0 aliphatic heterocycles. The molecule has 0 heterocycles. The highest BCUT2D eigenvalue weighted by molar-refractivity contribution is 7.96. The van der Waals surface area contributed by atoms with Crippen molar-refractivity contribution >= 4 is 82.2 Å². The van der Waals surface area contributed by atoms with Gasteiger partial charge in [0.25, 0.3) is 0 Å². The van der Waals surface area contributed by atoms with Crippen LogP contribution in [0.2, 0.25) is 97.7 Å². The molecule has 0 aromatic heterocycles. The smallest absolute Gasteiger partial charge is 0.341 e. The van der Waals surface area contributed by atoms with E-state index in [1.807, 2.05) is 23.9 Å². The van der Waals surface area contributed by atoms with E-state index in [2.05, 4.69) is 91.7 Å². The van der Waals surface area contributed by atoms with E-state index >= 15 is 0 Å². The molecule has 0 N–H and O–H groups in total. The van der Waals surface area contributed by atoms with Crippen LogP contribution in [0.15, 0.2) is 141 Å². The Hall–Kier alpha value is -4.28. The maximum absolute atomic E-state index is 12.7. The highest BCUT2D eigenvalue weighted by atomic mass is 32.2. The number of allylic oxidation sites excluding steroid dienone is 2. The number of nitriles is 2. The molecule has 0 saturated heterocycles. The first-order valence-electron chi connectivity index (χ1n) is 22.6. The monoisotopic (exact) mass is 1080 g/mol. The van der Waals surface area contributed by atoms with Crippen LogP contribution in [0.5, 0.6) is 11.5 Å². The van der Waals surface area contributed by atoms with Crippen molar-refractivity contribution in [2.24, 2.45) is 0 Å². The molecule has 0 unspecified atom stereocenters. The first-order valence-corrected chi connectivity index (χ1v) is 44.1. The summed E-state index contributed by atoms with van der Waals surface area (Å²) in [6, 6.07) is 34.2. The van der Waals surface area contributed by atoms with Gasteiger partial charge in [-0.2, -0.15) is 10.5 Å². The van der Waals surface area contributed by atoms with Crippen molar-refractivity contribution in [1.29, 1.82) is 10.5 Å². The van der Waals surface area contributed by atoms with Crippen LogP contribution in [0.4, 0.5) is 0 Å². The first kappa shape index (κ1) is 59.0. The van der Waals surface area contributed by atoms with Crippen LogP contribution in [-0.4, -0.2) is 80.4 Å². The number of rotatable bonds is 22. The lowest BCUT2D eigenvalue weighted by Crippen LogP contribution is -2.53. The van der Waals surface area contributed by atoms with Gasteiger partial charge >= 0.3 is 17.1 Å². The molecule has 69 heavy (non-hydrogen) atoms. The molecule has 0 fully saturated rings. The first-order chi connectivity index (χ1) is 31.8. The number of sulfone groups is 2. The van der Waals surface area contributed by atoms with E-state index in [-0.39, 0.29) is 19.6 Å². The summed E-state index contributed by atoms with van der Waals surface area (Å²) in [7, 11) is -19.7. The minimum Gasteiger partial charge on any atom is -0.494 e. The molecular formula is C49H70N2O10S2Si6. The number of hydrogen-bond donors (Lipinski definition) is 0. The fraction of sp³-hybridized carbons (Fsp3) is 0.347. The van der Waals surface area contributed by atoms with E-state index in [0.29, 0.717) is 35.8 Å². The van der Waals surface area contributed by atoms with Crippen molar-refractivity contribution in [3.05, 3.63) is 142 Å². The summed E-state index contributed by atoms with van der Waals surface area (Å²) >= 11 is 0. The van der Waals surface area contributed by atoms with Gasteiger partial charge in [0.05, 0.1) is 16.4 Å². The molecule has 0 atom stereocenters. The van der Waals surface area contributed by atoms with Gasteiger partial charge in [0, 0.05) is 6.04 Å². The Morgan fingerprint density at radius 1 is 0.493 bits per heavy atom. The van der Waals surface area contributed by atoms with Crippen molar-refractivity contribution in [3.63, 3.8) is 0 Å². The Kier molecular flexibility index (Phi) is 21.1. The minimum atomic E-state index is -3.87. The molecule has 0 spiro atoms. The van der Waals surface area contributed by atoms with Crippen LogP contribution in [0.1, 0.15) is 11.1 Å². The summed E-state index contributed by atoms with van der Waals surface area (Å²) in [6.45, 7) is 31.0. The topological polar surface area (TPSA) is 171 Å². The zero-order valence-electron chi connectivity index (χ0n) is 42.6. The van der Waals surface area contributed by atoms with Crippen molar-refractivity contribution < 1.29 is 42.8 Å². The summed E-state index contributed by atoms with van der Waals surface area (Å²) < 4.78 is 88.6. The average molecular weight is 1080 g/mol. The predicted molar refractivity (Wildman–Crippen MR) is 293 cm³/mol. The van der Waals surface area contributed by atoms with Crippen LogP contribution in [0, 0.1) is 22.7 Å². The lowest BCUT2D eigenvalue weighted by Gasteiger charge is -2.38. The van der Waals surface area contributed by atoms with Crippen molar-refractivity contribution in [2.75, 3.05) is 13.2 Å². The zero-order chi connectivity index (χ0) is 52.0. The molecular weight excluding hydrogens is 1010 g/mol. The third-order valence-electron chi connectivity index (χ3n) is 8.92. The summed E-state index contributed by atoms with van der Waals surface area (Å²) in [5, 5.41) is 18.9. The van der Waals surface area contributed by atoms with Gasteiger partial charge in [-0.1, -0.05) is 66.7 Å². The number of ether oxygens (including phenoxy) is 2. The Balaban J connectivity index is 0.000000365. The summed E-state index contributed by atoms with van der Waals surface area (Å²) in [5.41, 5.74) is 3.25. The number of nitrogens with zero attached hydrogens (tertiary/aromatic N) is 2. The maximum atomic E-state index is 12.7. The molecule has 4 rings (SSSR count). The molecule has 0 amide bonds. The molecule has 0 aliphatic carbocycles. The summed E-state index contributed by atoms with van der Waals surface area (Å²) in [6.07, 6.45) is 4.69. The Bertz CT molecular complexity index is 2670. The van der Waals surface area contributed by atoms with Crippen molar-refractivity contribution in [1.82, 2.24) is 0 Å². The summed E-state index contributed by atoms with van der Waals surface area (Å²) in [4.78, 5) is -0.433. The molecule has 0 saturated carbocycles. The number of hydrogen-bond acceptors (Lipinski definition) is 12. The molecule has 0 aliphatic rings. The largest absolute Gasteiger partial charge is 0.494 e. The normalized spacial score (nSPS) is 13.5. The van der Waals surface area contributed by atoms with Crippen LogP contribution >= 0.6 is 0 Å². The van der Waals surface area contributed by atoms with E-state index in [1.165, 1.54) is 36.4 Å². The lowest BCUT2D eigenvalue weighted by molar-refractivity contribution is 0.310. The van der Waals surface area contributed by atoms with Gasteiger partial charge in [0.1, 0.15) is 40.1 Å². The van der Waals surface area contributed by atoms with Gasteiger partial charge in [-0.05, 0) is 169 Å². The fourth-order valence-corrected chi connectivity index (χ4v) is 32.8. The molecule has 372 valence electrons. The van der Waals surface area contributed by atoms with Gasteiger partial charge in [0.2, 0.25) is 19.7 Å². The number of benzene rings is 4. The second-order valence-corrected chi connectivity index (χ2v) is 49.5. The summed E-state index contributed by atoms with van der Waals surface area (Å²) in [5.74, 6) is 1.30. The molecule has 20 heteroatoms. The van der Waals surface area contributed by atoms with Crippen LogP contribution in [0.25, 0.3) is 12.2 Å². The van der Waals surface area contributed by atoms with Crippen LogP contribution in [0.3, 0.4) is 0 Å². The Labute approximate surface area is 419 Å². The SMILES string of the molecule is C[Si](C)(C)O[Si](C)(/C=C/COc1ccc(/C=C(\C#N)S(=O)(=O)c2ccccc2)cc1)O[Si](C)(C)C.C[Si](C)(C)O[Si](C)(CCOc1ccc(/C=C(\C#N)S(=O)(=O)c2ccccc2)cc1)O[Si](C)(C)C. The molecule has 4 aromatic rings. The standard InChI is InChI=1S/C25H35NO5SSi3.C24H35NO5SSi3/c1-33(2,3)30-35(7,31-34(4,5)6)19-11-18-29-23-16-14-22(15-17-23)20-25(21-26)32(27,28)24-12-9-8-10-13-24;1-32(2,3)29-34(7,30-33(4,5)6)18-17-28-22-15-13-21(14-16-22)19-24(20-25)31(26,27)23-11-9-8-10-12-23/h8-17,19-20H,18H2,1-7H3;8-16,19H,17-18H2,1-7H3/b19-11+,25-20+;24-19+. The predicted octanol–water partition coefficient (Wildman–Crippen LogP) is 12.5. The second kappa shape index (κ2) is 24.7. The highest BCUT2D eigenvalue weighted by Gasteiger charge is 2.41. The van der Waals surface area contributed by atoms with Gasteiger partial charge < -0.3 is 25.9 Å². The van der Waals surface area contributed by atoms with Gasteiger partial charge in [0.15, 0.2) is 33.3 Å². The highest BCUT2D eigenvalue weighted by Crippen LogP contribution is 2.27. The fourth-order valence-electron chi connectivity index (χ4n) is 6.90. The van der Waals surface area contributed by atoms with Crippen LogP contribution in [-0.2, 0) is 36.1 Å². The van der Waals surface area contributed by atoms with Gasteiger partial charge in [-0.25, -0.2) is 16.8 Å². The van der Waals surface area contributed by atoms with Crippen molar-refractivity contribution in [3.8, 4) is 23.6 Å². The second-order valence-electron chi connectivity index (χ2n) is 20.3. The van der Waals surface area contributed by atoms with Crippen molar-refractivity contribution in [2.45, 2.75) is 107 Å². The Morgan fingerprint density at radius 2 is 0.841 bits per heavy atom. The molecule has 0 bridgehead atoms. The molecule has 4 aromatic carbocycles. The zero-order valence-corrected chi connectivity index (χ0v) is 50.2. The molecule has 0 radical (unpaired) electrons. The van der Waals surface area contributed by atoms with Gasteiger partial charge in [-0.3, -0.25) is 0 Å². The van der Waals surface area contributed by atoms with E-state index in [4.69, 9.17) is 25.9 Å². The van der Waals surface area contributed by atoms with E-state index < -0.39 is 70.1 Å². The quantitative estimate of drug-likeness (QED) is 0.0539. The Morgan fingerprint density at radius 3 is 1.17 bits per heavy atom. The van der Waals surface area contributed by atoms with E-state index in [0.717, 1.165) is 6.04 Å².